The molecule has 6 amide bonds. The molecule has 778 valence electrons. The SMILES string of the molecule is C=C1CCC(=O)N1OC(=O)C1CCN(C(=O)c2ccccc2C2=c3cc4c(cc3C(C)(C)c3cc5c(cc32)CCCN5C)=[N+](C)CCC4)CC1.C[N+]1=c2cc3c(cc2CCC1)=C(c1ccc(Cl)cc1C(=O)[O-])c1cc2c(cc1C3(C)C)N(CCCCCC(=O)ON1C(=O)CCC1=O)CCC2.C[N+]1=c2cc3c(cc2CCC1)=C(c1ccc(F)cc1C(=O)[O-])c1cc2c(cc1C3(C)C)N(CCCCCC(=O)ON1C(=O)CCC1=O)CCC2. The van der Waals surface area contributed by atoms with Crippen LogP contribution in [0.25, 0.3) is 16.7 Å². The fraction of sp³-hybridized carbons (Fsp3) is 0.426. The number of fused-ring (bicyclic) bond motifs is 12. The van der Waals surface area contributed by atoms with E-state index >= 15 is 0 Å². The second-order valence-corrected chi connectivity index (χ2v) is 44.8. The molecule has 9 aromatic rings. The summed E-state index contributed by atoms with van der Waals surface area (Å²) >= 11 is 6.33. The Hall–Kier alpha value is -14.1. The molecule has 3 aliphatic carbocycles. The normalized spacial score (nSPS) is 18.4. The van der Waals surface area contributed by atoms with Crippen molar-refractivity contribution < 1.29 is 81.9 Å². The topological polar surface area (TPSA) is 293 Å². The number of imide groups is 2. The molecule has 0 aromatic heterocycles. The van der Waals surface area contributed by atoms with Gasteiger partial charge in [0.25, 0.3) is 35.4 Å². The smallest absolute Gasteiger partial charge is 0.336 e. The zero-order valence-electron chi connectivity index (χ0n) is 87.6. The van der Waals surface area contributed by atoms with E-state index in [1.807, 2.05) is 29.2 Å². The minimum absolute atomic E-state index is 0.0219. The number of aromatic carboxylic acids is 2. The zero-order valence-corrected chi connectivity index (χ0v) is 88.4. The van der Waals surface area contributed by atoms with Crippen molar-refractivity contribution in [3.8, 4) is 0 Å². The third kappa shape index (κ3) is 19.5. The van der Waals surface area contributed by atoms with Gasteiger partial charge in [-0.15, -0.1) is 15.2 Å². The monoisotopic (exact) mass is 2050 g/mol. The van der Waals surface area contributed by atoms with Crippen molar-refractivity contribution in [2.24, 2.45) is 5.92 Å². The van der Waals surface area contributed by atoms with E-state index in [1.54, 1.807) is 12.1 Å². The van der Waals surface area contributed by atoms with Crippen LogP contribution in [0.1, 0.15) is 314 Å². The number of carbonyl (C=O) groups is 11. The average molecular weight is 2050 g/mol. The van der Waals surface area contributed by atoms with E-state index in [0.717, 1.165) is 232 Å². The Morgan fingerprint density at radius 1 is 0.400 bits per heavy atom. The van der Waals surface area contributed by atoms with Crippen molar-refractivity contribution in [1.29, 1.82) is 0 Å². The highest BCUT2D eigenvalue weighted by Crippen LogP contribution is 2.50. The number of allylic oxidation sites excluding steroid dienone is 1. The van der Waals surface area contributed by atoms with Gasteiger partial charge < -0.3 is 53.9 Å². The second kappa shape index (κ2) is 41.7. The quantitative estimate of drug-likeness (QED) is 0.0346. The highest BCUT2D eigenvalue weighted by atomic mass is 35.5. The lowest BCUT2D eigenvalue weighted by atomic mass is 9.67. The number of likely N-dealkylation sites (tertiary alicyclic amines) is 1. The van der Waals surface area contributed by atoms with Gasteiger partial charge in [-0.1, -0.05) is 103 Å². The number of aryl methyl sites for hydroxylation is 6. The number of amides is 6. The van der Waals surface area contributed by atoms with Gasteiger partial charge in [0.15, 0.2) is 0 Å². The van der Waals surface area contributed by atoms with Crippen LogP contribution in [0.5, 0.6) is 0 Å². The Morgan fingerprint density at radius 2 is 0.787 bits per heavy atom. The maximum absolute atomic E-state index is 14.5. The number of anilines is 3. The van der Waals surface area contributed by atoms with Gasteiger partial charge in [0, 0.05) is 207 Å². The number of carboxylic acids is 2. The third-order valence-corrected chi connectivity index (χ3v) is 33.9. The van der Waals surface area contributed by atoms with Gasteiger partial charge in [0.1, 0.15) is 46.6 Å². The van der Waals surface area contributed by atoms with Crippen molar-refractivity contribution in [2.45, 2.75) is 238 Å². The number of hydrogen-bond acceptors (Lipinski definition) is 19. The average Bonchev–Trinajstić information content (AvgIpc) is 0.745. The van der Waals surface area contributed by atoms with E-state index in [9.17, 15) is 67.3 Å². The molecular formula is C122H131ClFN10O16+. The molecule has 9 aromatic carbocycles. The molecule has 13 aliphatic rings. The number of carbonyl (C=O) groups excluding carboxylic acids is 11. The molecule has 10 heterocycles. The van der Waals surface area contributed by atoms with Gasteiger partial charge in [0.05, 0.1) is 23.6 Å². The lowest BCUT2D eigenvalue weighted by molar-refractivity contribution is -0.256. The molecule has 4 saturated heterocycles. The van der Waals surface area contributed by atoms with E-state index in [0.29, 0.717) is 89.2 Å². The summed E-state index contributed by atoms with van der Waals surface area (Å²) in [5.41, 5.74) is 26.6. The Morgan fingerprint density at radius 3 is 1.22 bits per heavy atom. The van der Waals surface area contributed by atoms with E-state index in [2.05, 4.69) is 184 Å². The third-order valence-electron chi connectivity index (χ3n) is 33.6. The maximum atomic E-state index is 14.5. The van der Waals surface area contributed by atoms with Crippen LogP contribution in [0.2, 0.25) is 5.02 Å². The predicted octanol–water partition coefficient (Wildman–Crippen LogP) is 11.1. The van der Waals surface area contributed by atoms with E-state index in [4.69, 9.17) is 26.1 Å². The largest absolute Gasteiger partial charge is 0.545 e. The van der Waals surface area contributed by atoms with Gasteiger partial charge in [-0.3, -0.25) is 28.8 Å². The standard InChI is InChI=1S/C42H47N4O4.C40H42ClN3O6.C40H42FN3O6/c1-26-14-15-38(47)46(26)50-41(49)27-16-20-45(21-17-27)40(48)31-13-7-6-12-30(31)39-32-22-28-10-8-18-43(4)36(28)24-34(32)42(2,3)35-25-37-29(23-33(35)39)11-9-19-44(37)5;2*1-40(2)31-22-33-24(9-7-16-42(33)3)19-29(31)38(27-13-12-26(41)21-28(27)39(48)49)30-20-25-10-8-18-43(34(25)23-32(30)40)17-6-4-5-11-37(47)50-44-35(45)14-15-36(44)46/h6-7,12-13,22-25,27H,1,8-11,14-21H2,2-5H3;2*12-13,19-23H,4-11,14-18H2,1-3H3/q+1;;. The summed E-state index contributed by atoms with van der Waals surface area (Å²) in [4.78, 5) is 161. The number of carboxylic acid groups (broad SMARTS) is 2. The molecule has 150 heavy (non-hydrogen) atoms. The highest BCUT2D eigenvalue weighted by molar-refractivity contribution is 6.31. The van der Waals surface area contributed by atoms with E-state index in [-0.39, 0.29) is 78.2 Å². The molecule has 0 atom stereocenters. The lowest BCUT2D eigenvalue weighted by Gasteiger charge is -2.39. The number of rotatable bonds is 22. The van der Waals surface area contributed by atoms with Crippen LogP contribution >= 0.6 is 11.6 Å². The first-order valence-corrected chi connectivity index (χ1v) is 54.1. The molecular weight excluding hydrogens is 1920 g/mol. The molecule has 0 radical (unpaired) electrons. The van der Waals surface area contributed by atoms with Crippen molar-refractivity contribution >= 4 is 111 Å². The summed E-state index contributed by atoms with van der Waals surface area (Å²) in [5, 5.41) is 34.6. The first kappa shape index (κ1) is 103. The number of hydrogen-bond donors (Lipinski definition) is 0. The van der Waals surface area contributed by atoms with Gasteiger partial charge >= 0.3 is 17.9 Å². The van der Waals surface area contributed by atoms with Crippen molar-refractivity contribution in [2.75, 3.05) is 108 Å². The van der Waals surface area contributed by atoms with E-state index < -0.39 is 64.7 Å². The summed E-state index contributed by atoms with van der Waals surface area (Å²) in [6.07, 6.45) is 18.9. The van der Waals surface area contributed by atoms with Crippen molar-refractivity contribution in [1.82, 2.24) is 33.8 Å². The molecule has 0 saturated carbocycles. The minimum atomic E-state index is -1.41. The van der Waals surface area contributed by atoms with Crippen molar-refractivity contribution in [3.63, 3.8) is 0 Å². The van der Waals surface area contributed by atoms with Gasteiger partial charge in [-0.2, -0.15) is 0 Å². The minimum Gasteiger partial charge on any atom is -0.545 e. The number of benzene rings is 9. The Bertz CT molecular complexity index is 7350. The van der Waals surface area contributed by atoms with Crippen LogP contribution in [-0.4, -0.2) is 179 Å². The molecule has 0 N–H and O–H groups in total. The molecule has 0 unspecified atom stereocenters. The lowest BCUT2D eigenvalue weighted by Crippen LogP contribution is -2.43. The first-order valence-electron chi connectivity index (χ1n) is 53.7. The van der Waals surface area contributed by atoms with Crippen LogP contribution in [-0.2, 0) is 108 Å². The van der Waals surface area contributed by atoms with E-state index in [1.165, 1.54) is 100 Å². The maximum Gasteiger partial charge on any atom is 0.336 e. The first-order chi connectivity index (χ1) is 71.9. The van der Waals surface area contributed by atoms with Crippen LogP contribution in [0, 0.1) is 11.7 Å². The molecule has 0 spiro atoms. The Labute approximate surface area is 878 Å². The molecule has 0 bridgehead atoms. The van der Waals surface area contributed by atoms with Crippen LogP contribution in [0.15, 0.2) is 146 Å². The summed E-state index contributed by atoms with van der Waals surface area (Å²) in [7, 11) is 8.64. The molecule has 28 heteroatoms. The van der Waals surface area contributed by atoms with Gasteiger partial charge in [0.2, 0.25) is 16.1 Å². The molecule has 26 nitrogen and oxygen atoms in total. The summed E-state index contributed by atoms with van der Waals surface area (Å²) in [6.45, 7) is 25.9. The van der Waals surface area contributed by atoms with Crippen LogP contribution in [0.4, 0.5) is 21.5 Å². The highest BCUT2D eigenvalue weighted by Gasteiger charge is 2.45. The Kier molecular flexibility index (Phi) is 28.7. The molecule has 22 rings (SSSR count). The summed E-state index contributed by atoms with van der Waals surface area (Å²) in [5.74, 6) is -7.37. The second-order valence-electron chi connectivity index (χ2n) is 44.4. The van der Waals surface area contributed by atoms with Crippen LogP contribution in [0.3, 0.4) is 0 Å². The van der Waals surface area contributed by atoms with Crippen LogP contribution < -0.4 is 70.4 Å². The fourth-order valence-corrected chi connectivity index (χ4v) is 25.6. The van der Waals surface area contributed by atoms with Gasteiger partial charge in [-0.25, -0.2) is 32.5 Å². The predicted molar refractivity (Wildman–Crippen MR) is 566 cm³/mol. The molecule has 4 fully saturated rings. The number of unbranched alkanes of at least 4 members (excludes halogenated alkanes) is 4. The summed E-state index contributed by atoms with van der Waals surface area (Å²) in [6, 6.07) is 45.0. The van der Waals surface area contributed by atoms with Crippen molar-refractivity contribution in [3.05, 3.63) is 305 Å². The summed E-state index contributed by atoms with van der Waals surface area (Å²) < 4.78 is 21.5. The zero-order chi connectivity index (χ0) is 106. The number of piperidine rings is 1. The number of hydroxylamine groups is 6. The number of nitrogens with zero attached hydrogens (tertiary/aromatic N) is 10. The number of halogens is 2. The Balaban J connectivity index is 0.000000136. The molecule has 10 aliphatic heterocycles. The van der Waals surface area contributed by atoms with Gasteiger partial charge in [-0.05, 0) is 303 Å². The fourth-order valence-electron chi connectivity index (χ4n) is 25.4.